The number of hydrogen-bond acceptors (Lipinski definition) is 3. The molecule has 0 saturated heterocycles. The second-order valence-corrected chi connectivity index (χ2v) is 7.00. The third-order valence-electron chi connectivity index (χ3n) is 2.81. The van der Waals surface area contributed by atoms with Crippen LogP contribution in [0.1, 0.15) is 42.6 Å². The Kier molecular flexibility index (Phi) is 6.16. The van der Waals surface area contributed by atoms with Gasteiger partial charge in [0.05, 0.1) is 11.3 Å². The van der Waals surface area contributed by atoms with Crippen molar-refractivity contribution < 1.29 is 18.3 Å². The summed E-state index contributed by atoms with van der Waals surface area (Å²) in [6, 6.07) is 5.98. The molecule has 6 heteroatoms. The first-order valence-electron chi connectivity index (χ1n) is 6.60. The summed E-state index contributed by atoms with van der Waals surface area (Å²) >= 11 is 0. The van der Waals surface area contributed by atoms with Gasteiger partial charge in [-0.3, -0.25) is 0 Å². The number of carboxylic acids is 1. The first-order valence-corrected chi connectivity index (χ1v) is 8.25. The number of rotatable bonds is 8. The van der Waals surface area contributed by atoms with Crippen molar-refractivity contribution in [1.82, 2.24) is 4.72 Å². The fourth-order valence-corrected chi connectivity index (χ4v) is 2.98. The van der Waals surface area contributed by atoms with Crippen LogP contribution in [0, 0.1) is 5.92 Å². The van der Waals surface area contributed by atoms with Crippen molar-refractivity contribution in [1.29, 1.82) is 0 Å². The Balaban J connectivity index is 2.57. The molecule has 0 heterocycles. The van der Waals surface area contributed by atoms with E-state index in [2.05, 4.69) is 18.6 Å². The molecule has 20 heavy (non-hydrogen) atoms. The number of aromatic carboxylic acids is 1. The van der Waals surface area contributed by atoms with E-state index in [0.717, 1.165) is 12.8 Å². The molecule has 0 aliphatic heterocycles. The highest BCUT2D eigenvalue weighted by Gasteiger charge is 2.12. The standard InChI is InChI=1S/C14H21NO4S/c1-11(2)5-4-8-15-20(18,19)10-12-6-3-7-13(9-12)14(16)17/h3,6-7,9,11,15H,4-5,8,10H2,1-2H3,(H,16,17). The van der Waals surface area contributed by atoms with Crippen LogP contribution in [-0.4, -0.2) is 26.0 Å². The molecule has 0 fully saturated rings. The van der Waals surface area contributed by atoms with Crippen LogP contribution in [0.2, 0.25) is 0 Å². The van der Waals surface area contributed by atoms with Crippen molar-refractivity contribution in [3.63, 3.8) is 0 Å². The van der Waals surface area contributed by atoms with Crippen LogP contribution in [-0.2, 0) is 15.8 Å². The van der Waals surface area contributed by atoms with Crippen molar-refractivity contribution in [2.24, 2.45) is 5.92 Å². The fourth-order valence-electron chi connectivity index (χ4n) is 1.80. The Morgan fingerprint density at radius 1 is 1.35 bits per heavy atom. The molecule has 0 radical (unpaired) electrons. The topological polar surface area (TPSA) is 83.5 Å². The van der Waals surface area contributed by atoms with Crippen LogP contribution in [0.25, 0.3) is 0 Å². The predicted octanol–water partition coefficient (Wildman–Crippen LogP) is 2.24. The van der Waals surface area contributed by atoms with Gasteiger partial charge in [0.1, 0.15) is 0 Å². The zero-order valence-corrected chi connectivity index (χ0v) is 12.6. The summed E-state index contributed by atoms with van der Waals surface area (Å²) in [5.74, 6) is -0.712. The average Bonchev–Trinajstić information content (AvgIpc) is 2.34. The lowest BCUT2D eigenvalue weighted by molar-refractivity contribution is 0.0696. The van der Waals surface area contributed by atoms with E-state index in [0.29, 0.717) is 18.0 Å². The van der Waals surface area contributed by atoms with Gasteiger partial charge in [0.25, 0.3) is 0 Å². The van der Waals surface area contributed by atoms with Crippen LogP contribution in [0.5, 0.6) is 0 Å². The van der Waals surface area contributed by atoms with Gasteiger partial charge in [-0.05, 0) is 36.5 Å². The molecule has 1 rings (SSSR count). The van der Waals surface area contributed by atoms with Crippen LogP contribution < -0.4 is 4.72 Å². The van der Waals surface area contributed by atoms with Crippen LogP contribution in [0.3, 0.4) is 0 Å². The van der Waals surface area contributed by atoms with Crippen molar-refractivity contribution in [2.75, 3.05) is 6.54 Å². The van der Waals surface area contributed by atoms with Gasteiger partial charge in [-0.2, -0.15) is 0 Å². The Hall–Kier alpha value is -1.40. The van der Waals surface area contributed by atoms with Gasteiger partial charge in [0.15, 0.2) is 0 Å². The Morgan fingerprint density at radius 3 is 2.65 bits per heavy atom. The lowest BCUT2D eigenvalue weighted by Gasteiger charge is -2.08. The minimum absolute atomic E-state index is 0.0949. The summed E-state index contributed by atoms with van der Waals surface area (Å²) in [5, 5.41) is 8.87. The molecular formula is C14H21NO4S. The molecule has 0 bridgehead atoms. The summed E-state index contributed by atoms with van der Waals surface area (Å²) in [6.07, 6.45) is 1.77. The van der Waals surface area contributed by atoms with E-state index in [-0.39, 0.29) is 11.3 Å². The number of carboxylic acid groups (broad SMARTS) is 1. The summed E-state index contributed by atoms with van der Waals surface area (Å²) in [4.78, 5) is 10.8. The molecular weight excluding hydrogens is 278 g/mol. The fraction of sp³-hybridized carbons (Fsp3) is 0.500. The van der Waals surface area contributed by atoms with Crippen molar-refractivity contribution in [3.8, 4) is 0 Å². The zero-order valence-electron chi connectivity index (χ0n) is 11.8. The van der Waals surface area contributed by atoms with Gasteiger partial charge in [-0.1, -0.05) is 26.0 Å². The molecule has 0 saturated carbocycles. The molecule has 0 unspecified atom stereocenters. The quantitative estimate of drug-likeness (QED) is 0.721. The molecule has 1 aromatic rings. The van der Waals surface area contributed by atoms with Crippen molar-refractivity contribution in [2.45, 2.75) is 32.4 Å². The van der Waals surface area contributed by atoms with Gasteiger partial charge in [0.2, 0.25) is 10.0 Å². The van der Waals surface area contributed by atoms with Crippen molar-refractivity contribution >= 4 is 16.0 Å². The van der Waals surface area contributed by atoms with E-state index in [4.69, 9.17) is 5.11 Å². The van der Waals surface area contributed by atoms with E-state index in [9.17, 15) is 13.2 Å². The number of carbonyl (C=O) groups is 1. The van der Waals surface area contributed by atoms with Crippen molar-refractivity contribution in [3.05, 3.63) is 35.4 Å². The molecule has 0 spiro atoms. The smallest absolute Gasteiger partial charge is 0.335 e. The summed E-state index contributed by atoms with van der Waals surface area (Å²) in [6.45, 7) is 4.59. The van der Waals surface area contributed by atoms with Gasteiger partial charge < -0.3 is 5.11 Å². The summed E-state index contributed by atoms with van der Waals surface area (Å²) < 4.78 is 26.3. The Bertz CT molecular complexity index is 552. The summed E-state index contributed by atoms with van der Waals surface area (Å²) in [7, 11) is -3.42. The van der Waals surface area contributed by atoms with Gasteiger partial charge >= 0.3 is 5.97 Å². The highest BCUT2D eigenvalue weighted by atomic mass is 32.2. The molecule has 112 valence electrons. The highest BCUT2D eigenvalue weighted by molar-refractivity contribution is 7.88. The number of nitrogens with one attached hydrogen (secondary N) is 1. The number of sulfonamides is 1. The third kappa shape index (κ3) is 6.16. The first kappa shape index (κ1) is 16.7. The molecule has 0 aliphatic carbocycles. The van der Waals surface area contributed by atoms with E-state index in [1.165, 1.54) is 12.1 Å². The minimum atomic E-state index is -3.42. The Labute approximate surface area is 120 Å². The average molecular weight is 299 g/mol. The number of hydrogen-bond donors (Lipinski definition) is 2. The normalized spacial score (nSPS) is 11.8. The lowest BCUT2D eigenvalue weighted by atomic mass is 10.1. The molecule has 2 N–H and O–H groups in total. The van der Waals surface area contributed by atoms with E-state index in [1.54, 1.807) is 12.1 Å². The molecule has 0 aliphatic rings. The second-order valence-electron chi connectivity index (χ2n) is 5.20. The van der Waals surface area contributed by atoms with Crippen LogP contribution in [0.15, 0.2) is 24.3 Å². The maximum absolute atomic E-state index is 11.9. The molecule has 0 amide bonds. The third-order valence-corrected chi connectivity index (χ3v) is 4.17. The van der Waals surface area contributed by atoms with Gasteiger partial charge in [-0.15, -0.1) is 0 Å². The van der Waals surface area contributed by atoms with E-state index >= 15 is 0 Å². The predicted molar refractivity (Wildman–Crippen MR) is 78.1 cm³/mol. The molecule has 5 nitrogen and oxygen atoms in total. The molecule has 0 aromatic heterocycles. The SMILES string of the molecule is CC(C)CCCNS(=O)(=O)Cc1cccc(C(=O)O)c1. The van der Waals surface area contributed by atoms with E-state index < -0.39 is 16.0 Å². The van der Waals surface area contributed by atoms with Gasteiger partial charge in [-0.25, -0.2) is 17.9 Å². The Morgan fingerprint density at radius 2 is 2.05 bits per heavy atom. The monoisotopic (exact) mass is 299 g/mol. The van der Waals surface area contributed by atoms with Crippen LogP contribution >= 0.6 is 0 Å². The molecule has 1 aromatic carbocycles. The van der Waals surface area contributed by atoms with Gasteiger partial charge in [0, 0.05) is 6.54 Å². The number of benzene rings is 1. The first-order chi connectivity index (χ1) is 9.30. The second kappa shape index (κ2) is 7.40. The lowest BCUT2D eigenvalue weighted by Crippen LogP contribution is -2.26. The minimum Gasteiger partial charge on any atom is -0.478 e. The molecule has 0 atom stereocenters. The maximum Gasteiger partial charge on any atom is 0.335 e. The highest BCUT2D eigenvalue weighted by Crippen LogP contribution is 2.09. The van der Waals surface area contributed by atoms with Crippen LogP contribution in [0.4, 0.5) is 0 Å². The maximum atomic E-state index is 11.9. The zero-order chi connectivity index (χ0) is 15.2. The largest absolute Gasteiger partial charge is 0.478 e. The summed E-state index contributed by atoms with van der Waals surface area (Å²) in [5.41, 5.74) is 0.568. The van der Waals surface area contributed by atoms with E-state index in [1.807, 2.05) is 0 Å².